The van der Waals surface area contributed by atoms with Crippen molar-refractivity contribution in [1.82, 2.24) is 10.3 Å². The number of rotatable bonds is 2. The monoisotopic (exact) mass is 317 g/mol. The number of anilines is 2. The maximum absolute atomic E-state index is 13.3. The molecule has 22 heavy (non-hydrogen) atoms. The Kier molecular flexibility index (Phi) is 3.11. The zero-order chi connectivity index (χ0) is 15.9. The van der Waals surface area contributed by atoms with Gasteiger partial charge >= 0.3 is 6.18 Å². The predicted octanol–water partition coefficient (Wildman–Crippen LogP) is 1.97. The fraction of sp³-hybridized carbons (Fsp3) is 0.182. The minimum absolute atomic E-state index is 0.00683. The summed E-state index contributed by atoms with van der Waals surface area (Å²) in [6.07, 6.45) is -4.83. The van der Waals surface area contributed by atoms with E-state index in [1.165, 1.54) is 4.90 Å². The van der Waals surface area contributed by atoms with E-state index in [1.807, 2.05) is 0 Å². The summed E-state index contributed by atoms with van der Waals surface area (Å²) in [6.45, 7) is -0.190. The van der Waals surface area contributed by atoms with E-state index in [0.29, 0.717) is 12.1 Å². The van der Waals surface area contributed by atoms with Crippen LogP contribution in [-0.2, 0) is 11.0 Å². The first-order valence-electron chi connectivity index (χ1n) is 5.80. The minimum atomic E-state index is -4.83. The summed E-state index contributed by atoms with van der Waals surface area (Å²) in [4.78, 5) is 6.06. The molecule has 3 rings (SSSR count). The maximum atomic E-state index is 13.3. The number of benzene rings is 1. The summed E-state index contributed by atoms with van der Waals surface area (Å²) in [7, 11) is 0. The Bertz CT molecular complexity index is 742. The molecule has 116 valence electrons. The van der Waals surface area contributed by atoms with Crippen LogP contribution in [0.4, 0.5) is 29.1 Å². The van der Waals surface area contributed by atoms with Gasteiger partial charge in [-0.05, 0) is 28.5 Å². The van der Waals surface area contributed by atoms with Gasteiger partial charge in [0.05, 0.1) is 5.56 Å². The second-order valence-electron chi connectivity index (χ2n) is 4.26. The number of hydrogen-bond acceptors (Lipinski definition) is 7. The van der Waals surface area contributed by atoms with Gasteiger partial charge in [0, 0.05) is 5.69 Å². The van der Waals surface area contributed by atoms with Crippen LogP contribution in [0.2, 0.25) is 0 Å². The summed E-state index contributed by atoms with van der Waals surface area (Å²) < 4.78 is 56.1. The van der Waals surface area contributed by atoms with Crippen molar-refractivity contribution in [1.29, 1.82) is 0 Å². The molecule has 1 aliphatic rings. The number of oxime groups is 1. The fourth-order valence-electron chi connectivity index (χ4n) is 1.88. The lowest BCUT2D eigenvalue weighted by Crippen LogP contribution is -2.29. The van der Waals surface area contributed by atoms with Crippen molar-refractivity contribution in [3.63, 3.8) is 0 Å². The zero-order valence-electron chi connectivity index (χ0n) is 10.6. The standard InChI is InChI=1S/C11H7F4N5O2/c12-7-2-1-5(3-6(7)11(13,14)15)20-4-21-19-10(20)8-9(16)18-22-17-8/h1-3H,4H2,(H2,16,18). The molecule has 11 heteroatoms. The molecule has 0 amide bonds. The van der Waals surface area contributed by atoms with Gasteiger partial charge in [0.1, 0.15) is 5.82 Å². The van der Waals surface area contributed by atoms with Gasteiger partial charge in [-0.1, -0.05) is 5.16 Å². The highest BCUT2D eigenvalue weighted by Crippen LogP contribution is 2.34. The van der Waals surface area contributed by atoms with Crippen molar-refractivity contribution in [2.45, 2.75) is 6.18 Å². The van der Waals surface area contributed by atoms with Crippen molar-refractivity contribution in [3.05, 3.63) is 35.3 Å². The van der Waals surface area contributed by atoms with Crippen molar-refractivity contribution in [3.8, 4) is 0 Å². The highest BCUT2D eigenvalue weighted by molar-refractivity contribution is 6.11. The molecule has 0 radical (unpaired) electrons. The van der Waals surface area contributed by atoms with Crippen LogP contribution in [0, 0.1) is 5.82 Å². The predicted molar refractivity (Wildman–Crippen MR) is 65.1 cm³/mol. The van der Waals surface area contributed by atoms with Gasteiger partial charge in [-0.3, -0.25) is 4.90 Å². The highest BCUT2D eigenvalue weighted by Gasteiger charge is 2.36. The first-order chi connectivity index (χ1) is 10.4. The fourth-order valence-corrected chi connectivity index (χ4v) is 1.88. The van der Waals surface area contributed by atoms with Crippen LogP contribution >= 0.6 is 0 Å². The van der Waals surface area contributed by atoms with Gasteiger partial charge in [-0.2, -0.15) is 13.2 Å². The van der Waals surface area contributed by atoms with Crippen LogP contribution in [0.5, 0.6) is 0 Å². The second kappa shape index (κ2) is 4.86. The number of hydrogen-bond donors (Lipinski definition) is 1. The van der Waals surface area contributed by atoms with E-state index in [1.54, 1.807) is 0 Å². The Labute approximate surface area is 119 Å². The van der Waals surface area contributed by atoms with E-state index in [-0.39, 0.29) is 29.8 Å². The highest BCUT2D eigenvalue weighted by atomic mass is 19.4. The van der Waals surface area contributed by atoms with Gasteiger partial charge in [-0.25, -0.2) is 9.02 Å². The first kappa shape index (κ1) is 14.1. The molecule has 1 aromatic carbocycles. The molecule has 2 N–H and O–H groups in total. The largest absolute Gasteiger partial charge is 0.419 e. The van der Waals surface area contributed by atoms with E-state index in [2.05, 4.69) is 20.1 Å². The van der Waals surface area contributed by atoms with E-state index < -0.39 is 17.6 Å². The number of alkyl halides is 3. The topological polar surface area (TPSA) is 89.8 Å². The number of nitrogen functional groups attached to an aromatic ring is 1. The first-order valence-corrected chi connectivity index (χ1v) is 5.80. The van der Waals surface area contributed by atoms with Crippen LogP contribution in [0.1, 0.15) is 11.3 Å². The SMILES string of the molecule is Nc1nonc1C1=NOCN1c1ccc(F)c(C(F)(F)F)c1. The number of aromatic nitrogens is 2. The summed E-state index contributed by atoms with van der Waals surface area (Å²) in [5.41, 5.74) is 4.13. The Hall–Kier alpha value is -2.85. The summed E-state index contributed by atoms with van der Waals surface area (Å²) in [5.74, 6) is -1.47. The van der Waals surface area contributed by atoms with Gasteiger partial charge in [0.2, 0.25) is 5.84 Å². The Morgan fingerprint density at radius 3 is 2.64 bits per heavy atom. The molecule has 0 spiro atoms. The average molecular weight is 317 g/mol. The van der Waals surface area contributed by atoms with Crippen molar-refractivity contribution in [2.24, 2.45) is 5.16 Å². The number of nitrogens with two attached hydrogens (primary N) is 1. The zero-order valence-corrected chi connectivity index (χ0v) is 10.6. The lowest BCUT2D eigenvalue weighted by molar-refractivity contribution is -0.139. The molecule has 2 heterocycles. The Balaban J connectivity index is 2.01. The normalized spacial score (nSPS) is 14.9. The average Bonchev–Trinajstić information content (AvgIpc) is 3.06. The number of nitrogens with zero attached hydrogens (tertiary/aromatic N) is 4. The molecule has 0 bridgehead atoms. The van der Waals surface area contributed by atoms with Gasteiger partial charge in [-0.15, -0.1) is 0 Å². The lowest BCUT2D eigenvalue weighted by atomic mass is 10.1. The molecule has 0 aliphatic carbocycles. The second-order valence-corrected chi connectivity index (χ2v) is 4.26. The third kappa shape index (κ3) is 2.29. The molecule has 0 saturated carbocycles. The van der Waals surface area contributed by atoms with Gasteiger partial charge < -0.3 is 10.6 Å². The Morgan fingerprint density at radius 1 is 1.23 bits per heavy atom. The summed E-state index contributed by atoms with van der Waals surface area (Å²) >= 11 is 0. The van der Waals surface area contributed by atoms with Gasteiger partial charge in [0.25, 0.3) is 0 Å². The van der Waals surface area contributed by atoms with E-state index in [9.17, 15) is 17.6 Å². The van der Waals surface area contributed by atoms with Crippen LogP contribution in [-0.4, -0.2) is 22.9 Å². The van der Waals surface area contributed by atoms with E-state index >= 15 is 0 Å². The molecular weight excluding hydrogens is 310 g/mol. The van der Waals surface area contributed by atoms with E-state index in [4.69, 9.17) is 10.6 Å². The van der Waals surface area contributed by atoms with Crippen LogP contribution in [0.3, 0.4) is 0 Å². The van der Waals surface area contributed by atoms with Crippen LogP contribution < -0.4 is 10.6 Å². The number of amidine groups is 1. The van der Waals surface area contributed by atoms with E-state index in [0.717, 1.165) is 6.07 Å². The van der Waals surface area contributed by atoms with Crippen LogP contribution in [0.25, 0.3) is 0 Å². The molecule has 0 saturated heterocycles. The van der Waals surface area contributed by atoms with Crippen molar-refractivity contribution >= 4 is 17.3 Å². The number of halogens is 4. The Morgan fingerprint density at radius 2 is 2.00 bits per heavy atom. The molecule has 0 atom stereocenters. The maximum Gasteiger partial charge on any atom is 0.419 e. The molecule has 0 fully saturated rings. The molecule has 7 nitrogen and oxygen atoms in total. The molecule has 1 aliphatic heterocycles. The molecule has 2 aromatic rings. The molecule has 1 aromatic heterocycles. The van der Waals surface area contributed by atoms with Gasteiger partial charge in [0.15, 0.2) is 18.2 Å². The molecular formula is C11H7F4N5O2. The van der Waals surface area contributed by atoms with Crippen molar-refractivity contribution in [2.75, 3.05) is 17.4 Å². The quantitative estimate of drug-likeness (QED) is 0.852. The summed E-state index contributed by atoms with van der Waals surface area (Å²) in [6, 6.07) is 2.50. The summed E-state index contributed by atoms with van der Waals surface area (Å²) in [5, 5.41) is 10.5. The minimum Gasteiger partial charge on any atom is -0.379 e. The third-order valence-electron chi connectivity index (χ3n) is 2.89. The lowest BCUT2D eigenvalue weighted by Gasteiger charge is -2.18. The van der Waals surface area contributed by atoms with Crippen LogP contribution in [0.15, 0.2) is 28.0 Å². The van der Waals surface area contributed by atoms with Crippen molar-refractivity contribution < 1.29 is 27.0 Å². The third-order valence-corrected chi connectivity index (χ3v) is 2.89. The molecule has 0 unspecified atom stereocenters. The smallest absolute Gasteiger partial charge is 0.379 e.